The molecule has 1 aromatic carbocycles. The molecule has 0 aliphatic carbocycles. The quantitative estimate of drug-likeness (QED) is 0.773. The summed E-state index contributed by atoms with van der Waals surface area (Å²) in [7, 11) is 0. The molecule has 19 heavy (non-hydrogen) atoms. The Morgan fingerprint density at radius 3 is 2.53 bits per heavy atom. The molecule has 1 atom stereocenters. The number of carboxylic acids is 1. The molecule has 0 spiro atoms. The fourth-order valence-corrected chi connectivity index (χ4v) is 1.96. The van der Waals surface area contributed by atoms with Crippen LogP contribution in [-0.4, -0.2) is 28.6 Å². The van der Waals surface area contributed by atoms with Crippen LogP contribution in [-0.2, 0) is 4.79 Å². The molecule has 3 N–H and O–H groups in total. The van der Waals surface area contributed by atoms with Gasteiger partial charge in [-0.15, -0.1) is 0 Å². The summed E-state index contributed by atoms with van der Waals surface area (Å²) in [5.74, 6) is -2.33. The number of rotatable bonds is 5. The van der Waals surface area contributed by atoms with E-state index in [2.05, 4.69) is 21.2 Å². The maximum Gasteiger partial charge on any atom is 0.308 e. The average molecular weight is 330 g/mol. The molecular weight excluding hydrogens is 314 g/mol. The van der Waals surface area contributed by atoms with Gasteiger partial charge in [0.15, 0.2) is 0 Å². The monoisotopic (exact) mass is 329 g/mol. The number of amides is 1. The summed E-state index contributed by atoms with van der Waals surface area (Å²) < 4.78 is 0.661. The van der Waals surface area contributed by atoms with E-state index >= 15 is 0 Å². The fourth-order valence-electron chi connectivity index (χ4n) is 1.60. The number of benzene rings is 1. The lowest BCUT2D eigenvalue weighted by molar-refractivity contribution is -0.142. The van der Waals surface area contributed by atoms with E-state index in [4.69, 9.17) is 5.11 Å². The highest BCUT2D eigenvalue weighted by Crippen LogP contribution is 2.21. The van der Waals surface area contributed by atoms with Crippen LogP contribution in [0.4, 0.5) is 0 Å². The molecule has 1 unspecified atom stereocenters. The van der Waals surface area contributed by atoms with Crippen LogP contribution >= 0.6 is 15.9 Å². The van der Waals surface area contributed by atoms with Crippen molar-refractivity contribution in [3.05, 3.63) is 28.2 Å². The molecule has 0 bridgehead atoms. The highest BCUT2D eigenvalue weighted by Gasteiger charge is 2.22. The molecule has 1 aromatic rings. The van der Waals surface area contributed by atoms with Crippen molar-refractivity contribution in [3.63, 3.8) is 0 Å². The van der Waals surface area contributed by atoms with Crippen molar-refractivity contribution >= 4 is 27.8 Å². The summed E-state index contributed by atoms with van der Waals surface area (Å²) in [6.07, 6.45) is 0. The SMILES string of the molecule is CC(C)C(CNC(=O)c1cc(Br)ccc1O)C(=O)O. The Hall–Kier alpha value is -1.56. The van der Waals surface area contributed by atoms with E-state index in [1.54, 1.807) is 19.9 Å². The summed E-state index contributed by atoms with van der Waals surface area (Å²) in [6.45, 7) is 3.58. The number of carbonyl (C=O) groups excluding carboxylic acids is 1. The molecule has 0 saturated carbocycles. The Morgan fingerprint density at radius 2 is 2.00 bits per heavy atom. The van der Waals surface area contributed by atoms with E-state index in [0.717, 1.165) is 0 Å². The Morgan fingerprint density at radius 1 is 1.37 bits per heavy atom. The van der Waals surface area contributed by atoms with Crippen LogP contribution in [0.5, 0.6) is 5.75 Å². The first-order valence-electron chi connectivity index (χ1n) is 5.82. The van der Waals surface area contributed by atoms with Gasteiger partial charge >= 0.3 is 5.97 Å². The Kier molecular flexibility index (Phi) is 5.35. The molecule has 0 aromatic heterocycles. The van der Waals surface area contributed by atoms with E-state index in [1.807, 2.05) is 0 Å². The van der Waals surface area contributed by atoms with E-state index in [0.29, 0.717) is 4.47 Å². The van der Waals surface area contributed by atoms with Crippen molar-refractivity contribution in [1.29, 1.82) is 0 Å². The molecule has 1 amide bonds. The van der Waals surface area contributed by atoms with Gasteiger partial charge in [-0.05, 0) is 24.1 Å². The summed E-state index contributed by atoms with van der Waals surface area (Å²) >= 11 is 3.21. The van der Waals surface area contributed by atoms with Crippen LogP contribution in [0.1, 0.15) is 24.2 Å². The topological polar surface area (TPSA) is 86.6 Å². The second kappa shape index (κ2) is 6.56. The summed E-state index contributed by atoms with van der Waals surface area (Å²) in [5.41, 5.74) is 0.113. The molecule has 0 aliphatic heterocycles. The van der Waals surface area contributed by atoms with Gasteiger partial charge in [0.05, 0.1) is 11.5 Å². The number of carbonyl (C=O) groups is 2. The second-order valence-corrected chi connectivity index (χ2v) is 5.48. The minimum atomic E-state index is -0.950. The number of phenols is 1. The molecular formula is C13H16BrNO4. The van der Waals surface area contributed by atoms with Gasteiger partial charge in [-0.2, -0.15) is 0 Å². The van der Waals surface area contributed by atoms with Crippen LogP contribution in [0.3, 0.4) is 0 Å². The van der Waals surface area contributed by atoms with Gasteiger partial charge in [-0.3, -0.25) is 9.59 Å². The van der Waals surface area contributed by atoms with Crippen LogP contribution in [0.25, 0.3) is 0 Å². The largest absolute Gasteiger partial charge is 0.507 e. The third-order valence-electron chi connectivity index (χ3n) is 2.81. The number of carboxylic acid groups (broad SMARTS) is 1. The lowest BCUT2D eigenvalue weighted by atomic mass is 9.96. The number of aromatic hydroxyl groups is 1. The Balaban J connectivity index is 2.75. The molecule has 5 nitrogen and oxygen atoms in total. The number of phenolic OH excluding ortho intramolecular Hbond substituents is 1. The Bertz CT molecular complexity index is 488. The number of hydrogen-bond donors (Lipinski definition) is 3. The molecule has 6 heteroatoms. The van der Waals surface area contributed by atoms with E-state index in [-0.39, 0.29) is 23.8 Å². The first-order valence-corrected chi connectivity index (χ1v) is 6.61. The van der Waals surface area contributed by atoms with Crippen molar-refractivity contribution in [2.24, 2.45) is 11.8 Å². The van der Waals surface area contributed by atoms with Gasteiger partial charge in [0.1, 0.15) is 5.75 Å². The molecule has 0 heterocycles. The van der Waals surface area contributed by atoms with Crippen molar-refractivity contribution < 1.29 is 19.8 Å². The van der Waals surface area contributed by atoms with Crippen LogP contribution in [0.2, 0.25) is 0 Å². The second-order valence-electron chi connectivity index (χ2n) is 4.56. The maximum atomic E-state index is 11.9. The lowest BCUT2D eigenvalue weighted by Gasteiger charge is -2.17. The van der Waals surface area contributed by atoms with Gasteiger partial charge in [-0.1, -0.05) is 29.8 Å². The highest BCUT2D eigenvalue weighted by atomic mass is 79.9. The molecule has 0 fully saturated rings. The molecule has 0 saturated heterocycles. The minimum Gasteiger partial charge on any atom is -0.507 e. The Labute approximate surface area is 119 Å². The normalized spacial score (nSPS) is 12.2. The fraction of sp³-hybridized carbons (Fsp3) is 0.385. The number of aliphatic carboxylic acids is 1. The standard InChI is InChI=1S/C13H16BrNO4/c1-7(2)10(13(18)19)6-15-12(17)9-5-8(14)3-4-11(9)16/h3-5,7,10,16H,6H2,1-2H3,(H,15,17)(H,18,19). The van der Waals surface area contributed by atoms with E-state index in [1.165, 1.54) is 12.1 Å². The number of hydrogen-bond acceptors (Lipinski definition) is 3. The predicted molar refractivity (Wildman–Crippen MR) is 74.1 cm³/mol. The van der Waals surface area contributed by atoms with E-state index < -0.39 is 17.8 Å². The van der Waals surface area contributed by atoms with E-state index in [9.17, 15) is 14.7 Å². The lowest BCUT2D eigenvalue weighted by Crippen LogP contribution is -2.35. The van der Waals surface area contributed by atoms with Crippen LogP contribution in [0.15, 0.2) is 22.7 Å². The third-order valence-corrected chi connectivity index (χ3v) is 3.30. The zero-order valence-electron chi connectivity index (χ0n) is 10.7. The van der Waals surface area contributed by atoms with Gasteiger partial charge in [0, 0.05) is 11.0 Å². The van der Waals surface area contributed by atoms with Gasteiger partial charge in [0.25, 0.3) is 5.91 Å². The van der Waals surface area contributed by atoms with Crippen molar-refractivity contribution in [2.45, 2.75) is 13.8 Å². The summed E-state index contributed by atoms with van der Waals surface area (Å²) in [4.78, 5) is 22.9. The average Bonchev–Trinajstić information content (AvgIpc) is 2.31. The molecule has 1 rings (SSSR count). The van der Waals surface area contributed by atoms with Crippen LogP contribution in [0, 0.1) is 11.8 Å². The first kappa shape index (κ1) is 15.5. The smallest absolute Gasteiger partial charge is 0.308 e. The first-order chi connectivity index (χ1) is 8.82. The predicted octanol–water partition coefficient (Wildman–Crippen LogP) is 2.24. The maximum absolute atomic E-state index is 11.9. The zero-order chi connectivity index (χ0) is 14.6. The van der Waals surface area contributed by atoms with Crippen LogP contribution < -0.4 is 5.32 Å². The van der Waals surface area contributed by atoms with Gasteiger partial charge in [-0.25, -0.2) is 0 Å². The van der Waals surface area contributed by atoms with Crippen molar-refractivity contribution in [2.75, 3.05) is 6.54 Å². The third kappa shape index (κ3) is 4.24. The zero-order valence-corrected chi connectivity index (χ0v) is 12.3. The van der Waals surface area contributed by atoms with Gasteiger partial charge in [0.2, 0.25) is 0 Å². The molecule has 0 radical (unpaired) electrons. The highest BCUT2D eigenvalue weighted by molar-refractivity contribution is 9.10. The summed E-state index contributed by atoms with van der Waals surface area (Å²) in [6, 6.07) is 4.49. The van der Waals surface area contributed by atoms with Crippen molar-refractivity contribution in [3.8, 4) is 5.75 Å². The van der Waals surface area contributed by atoms with Gasteiger partial charge < -0.3 is 15.5 Å². The number of nitrogens with one attached hydrogen (secondary N) is 1. The minimum absolute atomic E-state index is 0.0256. The molecule has 104 valence electrons. The number of halogens is 1. The van der Waals surface area contributed by atoms with Crippen molar-refractivity contribution in [1.82, 2.24) is 5.32 Å². The summed E-state index contributed by atoms with van der Waals surface area (Å²) in [5, 5.41) is 21.1. The molecule has 0 aliphatic rings.